The zero-order valence-corrected chi connectivity index (χ0v) is 14.3. The fourth-order valence-electron chi connectivity index (χ4n) is 3.44. The lowest BCUT2D eigenvalue weighted by Crippen LogP contribution is -2.45. The standard InChI is InChI=1S/C16H18BrNO5/c1-22-13-3-2-10(6-12(13)17)14(19)18-7-11-8-23-5-4-16(11,9-18)15(20)21/h2-3,6,11H,4-5,7-9H2,1H3,(H,20,21)/t11-,16+/m0/s1. The zero-order chi connectivity index (χ0) is 16.6. The lowest BCUT2D eigenvalue weighted by Gasteiger charge is -2.33. The van der Waals surface area contributed by atoms with Gasteiger partial charge in [-0.2, -0.15) is 0 Å². The molecule has 1 N–H and O–H groups in total. The summed E-state index contributed by atoms with van der Waals surface area (Å²) in [6.07, 6.45) is 0.448. The van der Waals surface area contributed by atoms with E-state index in [1.54, 1.807) is 30.2 Å². The van der Waals surface area contributed by atoms with Crippen LogP contribution in [0.25, 0.3) is 0 Å². The van der Waals surface area contributed by atoms with Gasteiger partial charge in [-0.25, -0.2) is 0 Å². The number of carboxylic acids is 1. The van der Waals surface area contributed by atoms with Crippen molar-refractivity contribution < 1.29 is 24.2 Å². The molecular formula is C16H18BrNO5. The summed E-state index contributed by atoms with van der Waals surface area (Å²) in [4.78, 5) is 26.1. The van der Waals surface area contributed by atoms with Gasteiger partial charge in [0, 0.05) is 31.2 Å². The number of benzene rings is 1. The molecule has 2 atom stereocenters. The van der Waals surface area contributed by atoms with Crippen molar-refractivity contribution in [1.82, 2.24) is 4.90 Å². The molecule has 2 heterocycles. The molecule has 2 aliphatic rings. The van der Waals surface area contributed by atoms with Gasteiger partial charge in [-0.15, -0.1) is 0 Å². The molecule has 0 saturated carbocycles. The van der Waals surface area contributed by atoms with E-state index in [9.17, 15) is 14.7 Å². The van der Waals surface area contributed by atoms with Crippen LogP contribution in [0.4, 0.5) is 0 Å². The lowest BCUT2D eigenvalue weighted by atomic mass is 9.74. The number of halogens is 1. The first-order valence-corrected chi connectivity index (χ1v) is 8.21. The summed E-state index contributed by atoms with van der Waals surface area (Å²) in [5.74, 6) is -0.508. The van der Waals surface area contributed by atoms with Crippen molar-refractivity contribution in [2.75, 3.05) is 33.4 Å². The van der Waals surface area contributed by atoms with Crippen molar-refractivity contribution in [1.29, 1.82) is 0 Å². The molecule has 0 aromatic heterocycles. The molecule has 0 radical (unpaired) electrons. The number of amides is 1. The van der Waals surface area contributed by atoms with E-state index in [0.717, 1.165) is 0 Å². The number of fused-ring (bicyclic) bond motifs is 1. The number of ether oxygens (including phenoxy) is 2. The average molecular weight is 384 g/mol. The number of hydrogen-bond acceptors (Lipinski definition) is 4. The van der Waals surface area contributed by atoms with Gasteiger partial charge in [-0.05, 0) is 40.5 Å². The van der Waals surface area contributed by atoms with E-state index in [0.29, 0.717) is 42.0 Å². The molecule has 0 spiro atoms. The predicted octanol–water partition coefficient (Wildman–Crippen LogP) is 2.02. The maximum Gasteiger partial charge on any atom is 0.311 e. The quantitative estimate of drug-likeness (QED) is 0.863. The number of rotatable bonds is 3. The van der Waals surface area contributed by atoms with Gasteiger partial charge in [0.05, 0.1) is 23.6 Å². The molecule has 2 fully saturated rings. The highest BCUT2D eigenvalue weighted by Crippen LogP contribution is 2.43. The minimum atomic E-state index is -0.877. The Hall–Kier alpha value is -1.60. The van der Waals surface area contributed by atoms with Crippen molar-refractivity contribution in [3.63, 3.8) is 0 Å². The number of likely N-dealkylation sites (tertiary alicyclic amines) is 1. The normalized spacial score (nSPS) is 26.7. The topological polar surface area (TPSA) is 76.1 Å². The molecule has 6 nitrogen and oxygen atoms in total. The number of carbonyl (C=O) groups excluding carboxylic acids is 1. The Morgan fingerprint density at radius 3 is 2.87 bits per heavy atom. The van der Waals surface area contributed by atoms with Crippen LogP contribution < -0.4 is 4.74 Å². The Morgan fingerprint density at radius 1 is 1.48 bits per heavy atom. The number of hydrogen-bond donors (Lipinski definition) is 1. The summed E-state index contributed by atoms with van der Waals surface area (Å²) in [7, 11) is 1.56. The molecule has 0 aliphatic carbocycles. The van der Waals surface area contributed by atoms with Crippen LogP contribution >= 0.6 is 15.9 Å². The van der Waals surface area contributed by atoms with Crippen molar-refractivity contribution >= 4 is 27.8 Å². The van der Waals surface area contributed by atoms with Crippen LogP contribution in [0.2, 0.25) is 0 Å². The minimum Gasteiger partial charge on any atom is -0.496 e. The van der Waals surface area contributed by atoms with E-state index in [4.69, 9.17) is 9.47 Å². The third-order valence-corrected chi connectivity index (χ3v) is 5.44. The molecule has 0 unspecified atom stereocenters. The van der Waals surface area contributed by atoms with Crippen molar-refractivity contribution in [3.05, 3.63) is 28.2 Å². The lowest BCUT2D eigenvalue weighted by molar-refractivity contribution is -0.157. The SMILES string of the molecule is COc1ccc(C(=O)N2C[C@H]3COCC[C@@]3(C(=O)O)C2)cc1Br. The number of carbonyl (C=O) groups is 2. The smallest absolute Gasteiger partial charge is 0.311 e. The summed E-state index contributed by atoms with van der Waals surface area (Å²) >= 11 is 3.37. The van der Waals surface area contributed by atoms with Crippen molar-refractivity contribution in [2.24, 2.45) is 11.3 Å². The Bertz CT molecular complexity index is 649. The molecule has 124 valence electrons. The van der Waals surface area contributed by atoms with Gasteiger partial charge >= 0.3 is 5.97 Å². The van der Waals surface area contributed by atoms with Crippen LogP contribution in [0.5, 0.6) is 5.75 Å². The molecule has 1 aromatic rings. The number of carboxylic acid groups (broad SMARTS) is 1. The van der Waals surface area contributed by atoms with E-state index in [-0.39, 0.29) is 18.4 Å². The highest BCUT2D eigenvalue weighted by Gasteiger charge is 2.54. The highest BCUT2D eigenvalue weighted by molar-refractivity contribution is 9.10. The third-order valence-electron chi connectivity index (χ3n) is 4.82. The molecule has 3 rings (SSSR count). The molecule has 7 heteroatoms. The number of nitrogens with zero attached hydrogens (tertiary/aromatic N) is 1. The second-order valence-corrected chi connectivity index (χ2v) is 6.87. The first-order chi connectivity index (χ1) is 11.0. The van der Waals surface area contributed by atoms with Crippen LogP contribution in [-0.4, -0.2) is 55.3 Å². The van der Waals surface area contributed by atoms with Crippen LogP contribution in [0.3, 0.4) is 0 Å². The highest BCUT2D eigenvalue weighted by atomic mass is 79.9. The van der Waals surface area contributed by atoms with Gasteiger partial charge < -0.3 is 19.5 Å². The third kappa shape index (κ3) is 2.72. The molecular weight excluding hydrogens is 366 g/mol. The number of aliphatic carboxylic acids is 1. The van der Waals surface area contributed by atoms with Gasteiger partial charge in [0.15, 0.2) is 0 Å². The largest absolute Gasteiger partial charge is 0.496 e. The first kappa shape index (κ1) is 16.3. The van der Waals surface area contributed by atoms with Crippen LogP contribution in [0.1, 0.15) is 16.8 Å². The van der Waals surface area contributed by atoms with Gasteiger partial charge in [-0.3, -0.25) is 9.59 Å². The fraction of sp³-hybridized carbons (Fsp3) is 0.500. The Morgan fingerprint density at radius 2 is 2.26 bits per heavy atom. The van der Waals surface area contributed by atoms with Crippen LogP contribution in [0.15, 0.2) is 22.7 Å². The van der Waals surface area contributed by atoms with Gasteiger partial charge in [-0.1, -0.05) is 0 Å². The molecule has 1 amide bonds. The van der Waals surface area contributed by atoms with Crippen LogP contribution in [0, 0.1) is 11.3 Å². The summed E-state index contributed by atoms with van der Waals surface area (Å²) in [6, 6.07) is 5.11. The van der Waals surface area contributed by atoms with E-state index in [1.807, 2.05) is 0 Å². The minimum absolute atomic E-state index is 0.153. The first-order valence-electron chi connectivity index (χ1n) is 7.42. The van der Waals surface area contributed by atoms with E-state index in [1.165, 1.54) is 0 Å². The van der Waals surface area contributed by atoms with E-state index >= 15 is 0 Å². The second kappa shape index (κ2) is 6.13. The molecule has 0 bridgehead atoms. The second-order valence-electron chi connectivity index (χ2n) is 6.02. The Kier molecular flexibility index (Phi) is 4.33. The summed E-state index contributed by atoms with van der Waals surface area (Å²) in [6.45, 7) is 1.47. The summed E-state index contributed by atoms with van der Waals surface area (Å²) in [5, 5.41) is 9.66. The van der Waals surface area contributed by atoms with Gasteiger partial charge in [0.1, 0.15) is 5.75 Å². The zero-order valence-electron chi connectivity index (χ0n) is 12.8. The molecule has 23 heavy (non-hydrogen) atoms. The van der Waals surface area contributed by atoms with E-state index in [2.05, 4.69) is 15.9 Å². The predicted molar refractivity (Wildman–Crippen MR) is 85.6 cm³/mol. The van der Waals surface area contributed by atoms with Crippen molar-refractivity contribution in [2.45, 2.75) is 6.42 Å². The number of methoxy groups -OCH3 is 1. The summed E-state index contributed by atoms with van der Waals surface area (Å²) in [5.41, 5.74) is -0.366. The monoisotopic (exact) mass is 383 g/mol. The molecule has 2 aliphatic heterocycles. The molecule has 1 aromatic carbocycles. The summed E-state index contributed by atoms with van der Waals surface area (Å²) < 4.78 is 11.3. The van der Waals surface area contributed by atoms with Gasteiger partial charge in [0.25, 0.3) is 5.91 Å². The average Bonchev–Trinajstić information content (AvgIpc) is 2.95. The van der Waals surface area contributed by atoms with E-state index < -0.39 is 11.4 Å². The van der Waals surface area contributed by atoms with Crippen LogP contribution in [-0.2, 0) is 9.53 Å². The Balaban J connectivity index is 1.84. The van der Waals surface area contributed by atoms with Gasteiger partial charge in [0.2, 0.25) is 0 Å². The maximum atomic E-state index is 12.7. The maximum absolute atomic E-state index is 12.7. The Labute approximate surface area is 142 Å². The molecule has 2 saturated heterocycles. The van der Waals surface area contributed by atoms with Crippen molar-refractivity contribution in [3.8, 4) is 5.75 Å². The fourth-order valence-corrected chi connectivity index (χ4v) is 3.98.